The van der Waals surface area contributed by atoms with E-state index in [-0.39, 0.29) is 24.7 Å². The minimum absolute atomic E-state index is 0.0125. The lowest BCUT2D eigenvalue weighted by Gasteiger charge is -2.04. The Kier molecular flexibility index (Phi) is 3.67. The number of nitro benzene ring substituents is 1. The van der Waals surface area contributed by atoms with Crippen molar-refractivity contribution in [2.45, 2.75) is 6.42 Å². The molecule has 0 fully saturated rings. The zero-order chi connectivity index (χ0) is 15.7. The molecule has 0 radical (unpaired) electrons. The number of thioether (sulfide) groups is 1. The Labute approximate surface area is 127 Å². The molecular weight excluding hydrogens is 314 g/mol. The van der Waals surface area contributed by atoms with Crippen molar-refractivity contribution in [3.05, 3.63) is 27.8 Å². The highest BCUT2D eigenvalue weighted by atomic mass is 32.2. The Hall–Kier alpha value is -2.62. The van der Waals surface area contributed by atoms with Gasteiger partial charge in [0.05, 0.1) is 28.0 Å². The number of fused-ring (bicyclic) bond motifs is 1. The monoisotopic (exact) mass is 323 g/mol. The number of carboxylic acid groups (broad SMARTS) is 1. The van der Waals surface area contributed by atoms with Crippen LogP contribution in [0.25, 0.3) is 0 Å². The van der Waals surface area contributed by atoms with E-state index in [0.717, 1.165) is 11.8 Å². The molecule has 114 valence electrons. The van der Waals surface area contributed by atoms with Gasteiger partial charge in [0, 0.05) is 12.5 Å². The maximum Gasteiger partial charge on any atom is 0.313 e. The van der Waals surface area contributed by atoms with E-state index < -0.39 is 10.9 Å². The van der Waals surface area contributed by atoms with Crippen LogP contribution in [0.15, 0.2) is 22.3 Å². The topological polar surface area (TPSA) is 124 Å². The van der Waals surface area contributed by atoms with E-state index in [1.165, 1.54) is 12.1 Å². The molecule has 10 heteroatoms. The minimum atomic E-state index is -0.963. The molecule has 0 unspecified atom stereocenters. The fourth-order valence-corrected chi connectivity index (χ4v) is 2.64. The van der Waals surface area contributed by atoms with Crippen molar-refractivity contribution in [1.82, 2.24) is 0 Å². The van der Waals surface area contributed by atoms with Crippen LogP contribution in [0.4, 0.5) is 5.69 Å². The van der Waals surface area contributed by atoms with E-state index in [2.05, 4.69) is 10.2 Å². The lowest BCUT2D eigenvalue weighted by Crippen LogP contribution is -2.07. The van der Waals surface area contributed by atoms with Crippen LogP contribution in [0.1, 0.15) is 12.0 Å². The maximum absolute atomic E-state index is 11.2. The highest BCUT2D eigenvalue weighted by molar-refractivity contribution is 8.14. The smallest absolute Gasteiger partial charge is 0.313 e. The molecule has 22 heavy (non-hydrogen) atoms. The normalized spacial score (nSPS) is 15.5. The van der Waals surface area contributed by atoms with Gasteiger partial charge in [-0.2, -0.15) is 5.10 Å². The Bertz CT molecular complexity index is 730. The number of rotatable bonds is 4. The van der Waals surface area contributed by atoms with E-state index in [1.807, 2.05) is 0 Å². The summed E-state index contributed by atoms with van der Waals surface area (Å²) in [5.74, 6) is -0.370. The van der Waals surface area contributed by atoms with Crippen LogP contribution in [-0.4, -0.2) is 39.3 Å². The number of hydrogen-bond acceptors (Lipinski definition) is 8. The van der Waals surface area contributed by atoms with Gasteiger partial charge in [-0.15, -0.1) is 5.10 Å². The number of ether oxygens (including phenoxy) is 2. The van der Waals surface area contributed by atoms with Crippen LogP contribution in [0.2, 0.25) is 0 Å². The summed E-state index contributed by atoms with van der Waals surface area (Å²) in [4.78, 5) is 21.2. The summed E-state index contributed by atoms with van der Waals surface area (Å²) in [7, 11) is 0. The van der Waals surface area contributed by atoms with Crippen molar-refractivity contribution >= 4 is 34.2 Å². The SMILES string of the molecule is O=C(O)CSC1=NN=C(c2cc3c(cc2[N+](=O)[O-])OCO3)C1. The van der Waals surface area contributed by atoms with E-state index in [9.17, 15) is 14.9 Å². The van der Waals surface area contributed by atoms with Gasteiger partial charge in [0.25, 0.3) is 5.69 Å². The average Bonchev–Trinajstić information content (AvgIpc) is 3.12. The average molecular weight is 323 g/mol. The fourth-order valence-electron chi connectivity index (χ4n) is 2.02. The van der Waals surface area contributed by atoms with Crippen molar-refractivity contribution in [2.75, 3.05) is 12.5 Å². The van der Waals surface area contributed by atoms with Crippen LogP contribution in [0, 0.1) is 10.1 Å². The summed E-state index contributed by atoms with van der Waals surface area (Å²) in [6.07, 6.45) is 0.248. The summed E-state index contributed by atoms with van der Waals surface area (Å²) in [5.41, 5.74) is 0.546. The van der Waals surface area contributed by atoms with Crippen LogP contribution in [-0.2, 0) is 4.79 Å². The van der Waals surface area contributed by atoms with Gasteiger partial charge in [-0.1, -0.05) is 11.8 Å². The number of carboxylic acids is 1. The van der Waals surface area contributed by atoms with Gasteiger partial charge in [0.1, 0.15) is 5.04 Å². The minimum Gasteiger partial charge on any atom is -0.481 e. The summed E-state index contributed by atoms with van der Waals surface area (Å²) in [5, 5.41) is 28.2. The lowest BCUT2D eigenvalue weighted by atomic mass is 10.1. The number of benzene rings is 1. The van der Waals surface area contributed by atoms with Crippen molar-refractivity contribution < 1.29 is 24.3 Å². The predicted molar refractivity (Wildman–Crippen MR) is 77.9 cm³/mol. The molecule has 2 aliphatic heterocycles. The third-order valence-corrected chi connectivity index (χ3v) is 3.91. The standard InChI is InChI=1S/C12H9N3O6S/c16-12(17)4-22-11-2-7(13-14-11)6-1-9-10(21-5-20-9)3-8(6)15(18)19/h1,3H,2,4-5H2,(H,16,17). The number of hydrogen-bond donors (Lipinski definition) is 1. The van der Waals surface area contributed by atoms with Gasteiger partial charge >= 0.3 is 5.97 Å². The third kappa shape index (κ3) is 2.72. The van der Waals surface area contributed by atoms with E-state index in [4.69, 9.17) is 14.6 Å². The van der Waals surface area contributed by atoms with Gasteiger partial charge in [-0.05, 0) is 0 Å². The van der Waals surface area contributed by atoms with Gasteiger partial charge in [0.15, 0.2) is 11.5 Å². The number of aliphatic carboxylic acids is 1. The molecule has 0 bridgehead atoms. The second-order valence-corrected chi connectivity index (χ2v) is 5.43. The number of nitrogens with zero attached hydrogens (tertiary/aromatic N) is 3. The number of carbonyl (C=O) groups is 1. The van der Waals surface area contributed by atoms with Crippen LogP contribution in [0.5, 0.6) is 11.5 Å². The second-order valence-electron chi connectivity index (χ2n) is 4.38. The molecule has 2 aliphatic rings. The molecule has 0 spiro atoms. The first-order chi connectivity index (χ1) is 10.5. The van der Waals surface area contributed by atoms with Gasteiger partial charge in [-0.3, -0.25) is 14.9 Å². The van der Waals surface area contributed by atoms with Gasteiger partial charge < -0.3 is 14.6 Å². The van der Waals surface area contributed by atoms with E-state index in [1.54, 1.807) is 0 Å². The molecule has 1 aromatic rings. The molecule has 3 rings (SSSR count). The molecule has 0 saturated carbocycles. The highest BCUT2D eigenvalue weighted by Crippen LogP contribution is 2.39. The van der Waals surface area contributed by atoms with Crippen LogP contribution < -0.4 is 9.47 Å². The third-order valence-electron chi connectivity index (χ3n) is 2.96. The Balaban J connectivity index is 1.84. The Morgan fingerprint density at radius 2 is 2.09 bits per heavy atom. The summed E-state index contributed by atoms with van der Waals surface area (Å²) < 4.78 is 10.3. The van der Waals surface area contributed by atoms with Gasteiger partial charge in [0.2, 0.25) is 6.79 Å². The molecule has 9 nitrogen and oxygen atoms in total. The Morgan fingerprint density at radius 3 is 2.77 bits per heavy atom. The molecule has 1 aromatic carbocycles. The quantitative estimate of drug-likeness (QED) is 0.660. The lowest BCUT2D eigenvalue weighted by molar-refractivity contribution is -0.385. The van der Waals surface area contributed by atoms with E-state index >= 15 is 0 Å². The van der Waals surface area contributed by atoms with Crippen LogP contribution in [0.3, 0.4) is 0 Å². The van der Waals surface area contributed by atoms with Crippen molar-refractivity contribution in [1.29, 1.82) is 0 Å². The zero-order valence-corrected chi connectivity index (χ0v) is 11.8. The molecule has 1 N–H and O–H groups in total. The van der Waals surface area contributed by atoms with E-state index in [0.29, 0.717) is 27.8 Å². The molecular formula is C12H9N3O6S. The molecule has 0 aromatic heterocycles. The zero-order valence-electron chi connectivity index (χ0n) is 11.0. The largest absolute Gasteiger partial charge is 0.481 e. The van der Waals surface area contributed by atoms with Crippen molar-refractivity contribution in [3.8, 4) is 11.5 Å². The summed E-state index contributed by atoms with van der Waals surface area (Å²) in [6, 6.07) is 2.79. The molecule has 0 amide bonds. The fraction of sp³-hybridized carbons (Fsp3) is 0.250. The molecule has 0 saturated heterocycles. The summed E-state index contributed by atoms with van der Waals surface area (Å²) in [6.45, 7) is 0.0125. The second kappa shape index (κ2) is 5.64. The molecule has 0 atom stereocenters. The van der Waals surface area contributed by atoms with Crippen molar-refractivity contribution in [3.63, 3.8) is 0 Å². The van der Waals surface area contributed by atoms with Crippen LogP contribution >= 0.6 is 11.8 Å². The predicted octanol–water partition coefficient (Wildman–Crippen LogP) is 1.65. The molecule has 0 aliphatic carbocycles. The first-order valence-electron chi connectivity index (χ1n) is 6.11. The Morgan fingerprint density at radius 1 is 1.36 bits per heavy atom. The first kappa shape index (κ1) is 14.3. The molecule has 2 heterocycles. The highest BCUT2D eigenvalue weighted by Gasteiger charge is 2.28. The van der Waals surface area contributed by atoms with Crippen molar-refractivity contribution in [2.24, 2.45) is 10.2 Å². The number of nitro groups is 1. The maximum atomic E-state index is 11.2. The first-order valence-corrected chi connectivity index (χ1v) is 7.09. The van der Waals surface area contributed by atoms with Gasteiger partial charge in [-0.25, -0.2) is 0 Å². The summed E-state index contributed by atoms with van der Waals surface area (Å²) >= 11 is 1.04.